The van der Waals surface area contributed by atoms with Crippen molar-refractivity contribution >= 4 is 56.2 Å². The number of ether oxygens (including phenoxy) is 1. The molecule has 0 N–H and O–H groups in total. The van der Waals surface area contributed by atoms with Crippen molar-refractivity contribution in [1.82, 2.24) is 0 Å². The average molecular weight is 447 g/mol. The molecule has 3 rings (SSSR count). The van der Waals surface area contributed by atoms with Crippen LogP contribution >= 0.6 is 34.8 Å². The van der Waals surface area contributed by atoms with Crippen molar-refractivity contribution in [3.8, 4) is 5.75 Å². The Kier molecular flexibility index (Phi) is 6.01. The Morgan fingerprint density at radius 3 is 2.33 bits per heavy atom. The molecule has 0 fully saturated rings. The molecule has 1 heterocycles. The molecule has 1 unspecified atom stereocenters. The van der Waals surface area contributed by atoms with Gasteiger partial charge in [0.05, 0.1) is 16.8 Å². The van der Waals surface area contributed by atoms with Crippen LogP contribution in [0.2, 0.25) is 15.1 Å². The summed E-state index contributed by atoms with van der Waals surface area (Å²) in [6, 6.07) is 10.6. The highest BCUT2D eigenvalue weighted by Gasteiger charge is 2.31. The van der Waals surface area contributed by atoms with Crippen LogP contribution in [0.1, 0.15) is 0 Å². The van der Waals surface area contributed by atoms with Crippen LogP contribution in [-0.4, -0.2) is 32.7 Å². The minimum absolute atomic E-state index is 0.191. The third-order valence-corrected chi connectivity index (χ3v) is 6.02. The molecule has 0 bridgehead atoms. The van der Waals surface area contributed by atoms with Crippen molar-refractivity contribution in [2.45, 2.75) is 6.04 Å². The van der Waals surface area contributed by atoms with Gasteiger partial charge >= 0.3 is 0 Å². The lowest BCUT2D eigenvalue weighted by molar-refractivity contribution is -0.120. The van der Waals surface area contributed by atoms with E-state index in [0.29, 0.717) is 21.5 Å². The fourth-order valence-corrected chi connectivity index (χ4v) is 4.50. The Balaban J connectivity index is 1.82. The second kappa shape index (κ2) is 8.10. The van der Waals surface area contributed by atoms with E-state index in [1.54, 1.807) is 36.4 Å². The van der Waals surface area contributed by atoms with Gasteiger partial charge in [-0.05, 0) is 48.5 Å². The minimum Gasteiger partial charge on any atom is -0.482 e. The number of hydrogen-bond donors (Lipinski definition) is 0. The van der Waals surface area contributed by atoms with E-state index in [-0.39, 0.29) is 17.4 Å². The molecule has 1 atom stereocenters. The van der Waals surface area contributed by atoms with E-state index < -0.39 is 21.8 Å². The van der Waals surface area contributed by atoms with Gasteiger partial charge in [0.2, 0.25) is 0 Å². The summed E-state index contributed by atoms with van der Waals surface area (Å²) in [7, 11) is -3.35. The maximum absolute atomic E-state index is 12.8. The zero-order valence-corrected chi connectivity index (χ0v) is 16.9. The van der Waals surface area contributed by atoms with Crippen molar-refractivity contribution in [3.05, 3.63) is 69.0 Å². The summed E-state index contributed by atoms with van der Waals surface area (Å²) in [5, 5.41) is 2.34. The zero-order valence-electron chi connectivity index (χ0n) is 13.8. The minimum atomic E-state index is -3.35. The summed E-state index contributed by atoms with van der Waals surface area (Å²) >= 11 is 17.8. The topological polar surface area (TPSA) is 63.7 Å². The van der Waals surface area contributed by atoms with Gasteiger partial charge in [0.1, 0.15) is 5.75 Å². The Morgan fingerprint density at radius 2 is 1.74 bits per heavy atom. The van der Waals surface area contributed by atoms with Crippen LogP contribution in [-0.2, 0) is 14.6 Å². The van der Waals surface area contributed by atoms with Crippen molar-refractivity contribution in [1.29, 1.82) is 0 Å². The highest BCUT2D eigenvalue weighted by atomic mass is 35.5. The fourth-order valence-electron chi connectivity index (χ4n) is 2.64. The number of carbonyl (C=O) groups excluding carboxylic acids is 1. The first-order valence-corrected chi connectivity index (χ1v) is 10.7. The van der Waals surface area contributed by atoms with Gasteiger partial charge < -0.3 is 9.64 Å². The molecule has 0 spiro atoms. The van der Waals surface area contributed by atoms with Gasteiger partial charge in [-0.3, -0.25) is 4.79 Å². The molecule has 1 aliphatic heterocycles. The number of sulfone groups is 1. The van der Waals surface area contributed by atoms with Gasteiger partial charge in [-0.1, -0.05) is 34.8 Å². The smallest absolute Gasteiger partial charge is 0.265 e. The first-order chi connectivity index (χ1) is 12.7. The van der Waals surface area contributed by atoms with Gasteiger partial charge in [-0.15, -0.1) is 0 Å². The predicted octanol–water partition coefficient (Wildman–Crippen LogP) is 4.37. The second-order valence-electron chi connectivity index (χ2n) is 5.83. The number of halogens is 3. The summed E-state index contributed by atoms with van der Waals surface area (Å²) < 4.78 is 29.1. The van der Waals surface area contributed by atoms with Crippen molar-refractivity contribution < 1.29 is 17.9 Å². The molecule has 9 heteroatoms. The average Bonchev–Trinajstić information content (AvgIpc) is 2.95. The number of amides is 1. The highest BCUT2D eigenvalue weighted by molar-refractivity contribution is 7.94. The van der Waals surface area contributed by atoms with Crippen LogP contribution in [0.5, 0.6) is 5.75 Å². The number of hydrogen-bond acceptors (Lipinski definition) is 4. The normalized spacial score (nSPS) is 17.7. The SMILES string of the molecule is O=C(COc1ccc(Cl)cc1Cl)N(c1ccc(Cl)cc1)C1C=CS(=O)(=O)C1. The zero-order chi connectivity index (χ0) is 19.6. The van der Waals surface area contributed by atoms with Gasteiger partial charge in [0.25, 0.3) is 5.91 Å². The standard InChI is InChI=1S/C18H14Cl3NO4S/c19-12-1-4-14(5-2-12)22(15-7-8-27(24,25)11-15)18(23)10-26-17-6-3-13(20)9-16(17)21/h1-9,15H,10-11H2. The monoisotopic (exact) mass is 445 g/mol. The van der Waals surface area contributed by atoms with Crippen LogP contribution in [0, 0.1) is 0 Å². The maximum atomic E-state index is 12.8. The number of benzene rings is 2. The lowest BCUT2D eigenvalue weighted by Gasteiger charge is -2.27. The summed E-state index contributed by atoms with van der Waals surface area (Å²) in [5.41, 5.74) is 0.516. The number of carbonyl (C=O) groups is 1. The van der Waals surface area contributed by atoms with Crippen LogP contribution in [0.4, 0.5) is 5.69 Å². The molecule has 2 aromatic carbocycles. The van der Waals surface area contributed by atoms with E-state index >= 15 is 0 Å². The van der Waals surface area contributed by atoms with Crippen LogP contribution in [0.25, 0.3) is 0 Å². The third-order valence-electron chi connectivity index (χ3n) is 3.86. The lowest BCUT2D eigenvalue weighted by Crippen LogP contribution is -2.43. The molecule has 0 radical (unpaired) electrons. The third kappa shape index (κ3) is 4.96. The molecular formula is C18H14Cl3NO4S. The molecule has 0 saturated carbocycles. The van der Waals surface area contributed by atoms with Crippen LogP contribution < -0.4 is 9.64 Å². The number of nitrogens with zero attached hydrogens (tertiary/aromatic N) is 1. The van der Waals surface area contributed by atoms with Crippen molar-refractivity contribution in [2.24, 2.45) is 0 Å². The molecule has 27 heavy (non-hydrogen) atoms. The molecule has 0 aromatic heterocycles. The van der Waals surface area contributed by atoms with Gasteiger partial charge in [0.15, 0.2) is 16.4 Å². The molecule has 1 amide bonds. The molecule has 1 aliphatic rings. The van der Waals surface area contributed by atoms with E-state index in [0.717, 1.165) is 5.41 Å². The lowest BCUT2D eigenvalue weighted by atomic mass is 10.2. The number of anilines is 1. The predicted molar refractivity (Wildman–Crippen MR) is 108 cm³/mol. The molecule has 0 saturated heterocycles. The molecule has 142 valence electrons. The fraction of sp³-hybridized carbons (Fsp3) is 0.167. The first-order valence-electron chi connectivity index (χ1n) is 7.81. The Labute approximate surface area is 172 Å². The van der Waals surface area contributed by atoms with Crippen molar-refractivity contribution in [3.63, 3.8) is 0 Å². The van der Waals surface area contributed by atoms with Crippen molar-refractivity contribution in [2.75, 3.05) is 17.3 Å². The van der Waals surface area contributed by atoms with E-state index in [2.05, 4.69) is 0 Å². The van der Waals surface area contributed by atoms with E-state index in [9.17, 15) is 13.2 Å². The van der Waals surface area contributed by atoms with Gasteiger partial charge in [-0.2, -0.15) is 0 Å². The summed E-state index contributed by atoms with van der Waals surface area (Å²) in [6.07, 6.45) is 1.48. The quantitative estimate of drug-likeness (QED) is 0.684. The van der Waals surface area contributed by atoms with Gasteiger partial charge in [0, 0.05) is 21.1 Å². The summed E-state index contributed by atoms with van der Waals surface area (Å²) in [5.74, 6) is -0.307. The van der Waals surface area contributed by atoms with E-state index in [1.165, 1.54) is 17.0 Å². The molecular weight excluding hydrogens is 433 g/mol. The second-order valence-corrected chi connectivity index (χ2v) is 9.04. The molecule has 2 aromatic rings. The van der Waals surface area contributed by atoms with E-state index in [4.69, 9.17) is 39.5 Å². The largest absolute Gasteiger partial charge is 0.482 e. The highest BCUT2D eigenvalue weighted by Crippen LogP contribution is 2.28. The van der Waals surface area contributed by atoms with Crippen LogP contribution in [0.15, 0.2) is 53.9 Å². The number of rotatable bonds is 5. The molecule has 0 aliphatic carbocycles. The summed E-state index contributed by atoms with van der Waals surface area (Å²) in [4.78, 5) is 14.2. The first kappa shape index (κ1) is 20.0. The van der Waals surface area contributed by atoms with Gasteiger partial charge in [-0.25, -0.2) is 8.42 Å². The Bertz CT molecular complexity index is 990. The van der Waals surface area contributed by atoms with Crippen LogP contribution in [0.3, 0.4) is 0 Å². The Morgan fingerprint density at radius 1 is 1.07 bits per heavy atom. The maximum Gasteiger partial charge on any atom is 0.265 e. The molecule has 5 nitrogen and oxygen atoms in total. The Hall–Kier alpha value is -1.73. The summed E-state index contributed by atoms with van der Waals surface area (Å²) in [6.45, 7) is -0.325. The van der Waals surface area contributed by atoms with E-state index in [1.807, 2.05) is 0 Å².